The standard InChI is InChI=1S/C27H56NO5P/c1-5-6-7-8-9-10-11-12-13-14-15-16-17-18-21-27(24-26(2)29)25-33-34(30,31)32-23-20-19-22-28(3)4/h27H,5-25H2,1-4H3,(H,30,31)/p+1. The Morgan fingerprint density at radius 3 is 1.76 bits per heavy atom. The molecule has 0 aliphatic heterocycles. The van der Waals surface area contributed by atoms with Gasteiger partial charge in [0.1, 0.15) is 5.78 Å². The highest BCUT2D eigenvalue weighted by atomic mass is 31.2. The van der Waals surface area contributed by atoms with Crippen LogP contribution in [0.4, 0.5) is 0 Å². The maximum Gasteiger partial charge on any atom is 0.472 e. The van der Waals surface area contributed by atoms with Gasteiger partial charge in [0.25, 0.3) is 0 Å². The van der Waals surface area contributed by atoms with E-state index in [4.69, 9.17) is 9.05 Å². The predicted molar refractivity (Wildman–Crippen MR) is 142 cm³/mol. The van der Waals surface area contributed by atoms with Crippen LogP contribution in [0, 0.1) is 5.92 Å². The van der Waals surface area contributed by atoms with Crippen molar-refractivity contribution in [3.05, 3.63) is 0 Å². The van der Waals surface area contributed by atoms with E-state index in [0.717, 1.165) is 38.6 Å². The molecular formula is C27H57NO5P+. The monoisotopic (exact) mass is 506 g/mol. The molecule has 204 valence electrons. The van der Waals surface area contributed by atoms with Gasteiger partial charge in [-0.1, -0.05) is 96.8 Å². The Hall–Kier alpha value is -0.260. The zero-order valence-corrected chi connectivity index (χ0v) is 23.8. The van der Waals surface area contributed by atoms with Crippen molar-refractivity contribution in [3.8, 4) is 0 Å². The van der Waals surface area contributed by atoms with Crippen LogP contribution in [0.15, 0.2) is 0 Å². The predicted octanol–water partition coefficient (Wildman–Crippen LogP) is 6.51. The van der Waals surface area contributed by atoms with E-state index >= 15 is 0 Å². The van der Waals surface area contributed by atoms with Crippen LogP contribution in [0.5, 0.6) is 0 Å². The van der Waals surface area contributed by atoms with E-state index < -0.39 is 7.82 Å². The molecule has 0 aliphatic carbocycles. The average molecular weight is 507 g/mol. The third-order valence-electron chi connectivity index (χ3n) is 6.34. The second kappa shape index (κ2) is 23.2. The number of quaternary nitrogens is 1. The molecule has 0 aromatic rings. The van der Waals surface area contributed by atoms with Crippen LogP contribution in [0.3, 0.4) is 0 Å². The van der Waals surface area contributed by atoms with Crippen LogP contribution in [-0.4, -0.2) is 44.5 Å². The molecule has 0 heterocycles. The number of Topliss-reactive ketones (excluding diaryl/α,β-unsaturated/α-hetero) is 1. The smallest absolute Gasteiger partial charge is 0.340 e. The molecule has 0 amide bonds. The Morgan fingerprint density at radius 1 is 0.794 bits per heavy atom. The molecule has 0 aromatic carbocycles. The molecule has 0 rings (SSSR count). The highest BCUT2D eigenvalue weighted by Gasteiger charge is 2.23. The van der Waals surface area contributed by atoms with Crippen LogP contribution in [-0.2, 0) is 18.4 Å². The topological polar surface area (TPSA) is 77.3 Å². The third-order valence-corrected chi connectivity index (χ3v) is 7.33. The fraction of sp³-hybridized carbons (Fsp3) is 0.963. The van der Waals surface area contributed by atoms with Gasteiger partial charge < -0.3 is 14.6 Å². The highest BCUT2D eigenvalue weighted by Crippen LogP contribution is 2.44. The number of ketones is 1. The summed E-state index contributed by atoms with van der Waals surface area (Å²) in [4.78, 5) is 22.9. The van der Waals surface area contributed by atoms with E-state index in [1.54, 1.807) is 6.92 Å². The third kappa shape index (κ3) is 24.9. The molecule has 0 bridgehead atoms. The van der Waals surface area contributed by atoms with Crippen LogP contribution in [0.2, 0.25) is 0 Å². The van der Waals surface area contributed by atoms with E-state index in [1.165, 1.54) is 81.9 Å². The van der Waals surface area contributed by atoms with Crippen molar-refractivity contribution in [1.82, 2.24) is 0 Å². The zero-order valence-electron chi connectivity index (χ0n) is 23.0. The first-order valence-corrected chi connectivity index (χ1v) is 15.7. The van der Waals surface area contributed by atoms with Crippen molar-refractivity contribution in [1.29, 1.82) is 0 Å². The largest absolute Gasteiger partial charge is 0.472 e. The molecule has 0 saturated carbocycles. The molecule has 2 N–H and O–H groups in total. The molecule has 0 spiro atoms. The molecule has 0 radical (unpaired) electrons. The normalized spacial score (nSPS) is 14.4. The maximum atomic E-state index is 12.1. The van der Waals surface area contributed by atoms with Crippen molar-refractivity contribution in [2.75, 3.05) is 33.9 Å². The number of rotatable bonds is 26. The number of carbonyl (C=O) groups is 1. The minimum Gasteiger partial charge on any atom is -0.340 e. The van der Waals surface area contributed by atoms with E-state index in [9.17, 15) is 14.3 Å². The Bertz CT molecular complexity index is 515. The fourth-order valence-corrected chi connectivity index (χ4v) is 5.11. The van der Waals surface area contributed by atoms with Gasteiger partial charge in [-0.15, -0.1) is 0 Å². The van der Waals surface area contributed by atoms with Gasteiger partial charge in [-0.2, -0.15) is 0 Å². The Kier molecular flexibility index (Phi) is 23.0. The molecule has 0 fully saturated rings. The summed E-state index contributed by atoms with van der Waals surface area (Å²) in [6.07, 6.45) is 21.3. The van der Waals surface area contributed by atoms with Gasteiger partial charge in [0.15, 0.2) is 0 Å². The number of phosphoric acid groups is 1. The van der Waals surface area contributed by atoms with Gasteiger partial charge in [0, 0.05) is 6.42 Å². The molecule has 2 unspecified atom stereocenters. The van der Waals surface area contributed by atoms with E-state index in [2.05, 4.69) is 21.0 Å². The molecule has 0 saturated heterocycles. The second-order valence-corrected chi connectivity index (χ2v) is 11.9. The minimum atomic E-state index is -4.05. The second-order valence-electron chi connectivity index (χ2n) is 10.4. The molecule has 2 atom stereocenters. The first kappa shape index (κ1) is 33.7. The van der Waals surface area contributed by atoms with Gasteiger partial charge in [0.05, 0.1) is 33.9 Å². The molecule has 6 nitrogen and oxygen atoms in total. The summed E-state index contributed by atoms with van der Waals surface area (Å²) in [5.41, 5.74) is 0. The summed E-state index contributed by atoms with van der Waals surface area (Å²) in [7, 11) is 0.110. The molecule has 0 aliphatic rings. The lowest BCUT2D eigenvalue weighted by molar-refractivity contribution is -0.858. The summed E-state index contributed by atoms with van der Waals surface area (Å²) in [6, 6.07) is 0. The maximum absolute atomic E-state index is 12.1. The molecular weight excluding hydrogens is 449 g/mol. The Labute approximate surface area is 211 Å². The Balaban J connectivity index is 3.82. The summed E-state index contributed by atoms with van der Waals surface area (Å²) in [6.45, 7) is 5.16. The van der Waals surface area contributed by atoms with Crippen LogP contribution >= 0.6 is 7.82 Å². The van der Waals surface area contributed by atoms with Gasteiger partial charge in [-0.05, 0) is 32.1 Å². The fourth-order valence-electron chi connectivity index (χ4n) is 4.28. The van der Waals surface area contributed by atoms with Gasteiger partial charge in [0.2, 0.25) is 0 Å². The minimum absolute atomic E-state index is 0.0174. The number of hydrogen-bond donors (Lipinski definition) is 2. The van der Waals surface area contributed by atoms with E-state index in [0.29, 0.717) is 6.42 Å². The van der Waals surface area contributed by atoms with Crippen LogP contribution < -0.4 is 4.90 Å². The summed E-state index contributed by atoms with van der Waals surface area (Å²) in [5.74, 6) is 0.0788. The van der Waals surface area contributed by atoms with Gasteiger partial charge >= 0.3 is 7.82 Å². The first-order chi connectivity index (χ1) is 16.3. The van der Waals surface area contributed by atoms with Crippen molar-refractivity contribution >= 4 is 13.6 Å². The lowest BCUT2D eigenvalue weighted by atomic mass is 9.96. The van der Waals surface area contributed by atoms with Gasteiger partial charge in [-0.3, -0.25) is 9.05 Å². The van der Waals surface area contributed by atoms with Crippen LogP contribution in [0.25, 0.3) is 0 Å². The zero-order chi connectivity index (χ0) is 25.5. The number of hydrogen-bond acceptors (Lipinski definition) is 4. The molecule has 0 aromatic heterocycles. The quantitative estimate of drug-likeness (QED) is 0.103. The van der Waals surface area contributed by atoms with Crippen molar-refractivity contribution in [3.63, 3.8) is 0 Å². The number of carbonyl (C=O) groups excluding carboxylic acids is 1. The SMILES string of the molecule is CCCCCCCCCCCCCCCCC(COP(=O)(O)OCCCC[NH+](C)C)CC(C)=O. The molecule has 34 heavy (non-hydrogen) atoms. The van der Waals surface area contributed by atoms with Crippen molar-refractivity contribution in [2.45, 2.75) is 129 Å². The van der Waals surface area contributed by atoms with Crippen LogP contribution in [0.1, 0.15) is 129 Å². The number of unbranched alkanes of at least 4 members (excludes halogenated alkanes) is 14. The van der Waals surface area contributed by atoms with E-state index in [-0.39, 0.29) is 24.9 Å². The number of phosphoric ester groups is 1. The molecule has 7 heteroatoms. The lowest BCUT2D eigenvalue weighted by Gasteiger charge is -2.18. The average Bonchev–Trinajstić information content (AvgIpc) is 2.76. The summed E-state index contributed by atoms with van der Waals surface area (Å²) < 4.78 is 22.4. The summed E-state index contributed by atoms with van der Waals surface area (Å²) >= 11 is 0. The van der Waals surface area contributed by atoms with Crippen molar-refractivity contribution < 1.29 is 28.2 Å². The first-order valence-electron chi connectivity index (χ1n) is 14.2. The lowest BCUT2D eigenvalue weighted by Crippen LogP contribution is -3.05. The number of nitrogens with one attached hydrogen (secondary N) is 1. The highest BCUT2D eigenvalue weighted by molar-refractivity contribution is 7.47. The van der Waals surface area contributed by atoms with E-state index in [1.807, 2.05) is 0 Å². The summed E-state index contributed by atoms with van der Waals surface area (Å²) in [5, 5.41) is 0. The van der Waals surface area contributed by atoms with Crippen molar-refractivity contribution in [2.24, 2.45) is 5.92 Å². The Morgan fingerprint density at radius 2 is 1.29 bits per heavy atom. The van der Waals surface area contributed by atoms with Gasteiger partial charge in [-0.25, -0.2) is 4.57 Å².